The van der Waals surface area contributed by atoms with Gasteiger partial charge in [0.25, 0.3) is 5.91 Å². The van der Waals surface area contributed by atoms with Crippen LogP contribution in [0.3, 0.4) is 0 Å². The van der Waals surface area contributed by atoms with Gasteiger partial charge in [-0.2, -0.15) is 5.10 Å². The van der Waals surface area contributed by atoms with E-state index in [1.165, 1.54) is 11.3 Å². The standard InChI is InChI=1S/C12H11N5OS/c1-17-10(4-5-14-17)16-11(18)7-2-3-8-9(6-7)19-12(13)15-8/h2-6H,1H3,(H2,13,15)(H,16,18). The highest BCUT2D eigenvalue weighted by Gasteiger charge is 2.10. The molecular weight excluding hydrogens is 262 g/mol. The molecule has 0 atom stereocenters. The van der Waals surface area contributed by atoms with Gasteiger partial charge in [-0.25, -0.2) is 4.98 Å². The molecule has 0 aliphatic carbocycles. The number of carbonyl (C=O) groups excluding carboxylic acids is 1. The molecule has 3 N–H and O–H groups in total. The Labute approximate surface area is 112 Å². The highest BCUT2D eigenvalue weighted by Crippen LogP contribution is 2.24. The molecule has 7 heteroatoms. The van der Waals surface area contributed by atoms with Crippen molar-refractivity contribution in [2.75, 3.05) is 11.1 Å². The van der Waals surface area contributed by atoms with Gasteiger partial charge in [-0.05, 0) is 18.2 Å². The Kier molecular flexibility index (Phi) is 2.68. The van der Waals surface area contributed by atoms with Gasteiger partial charge in [0, 0.05) is 18.7 Å². The molecular formula is C12H11N5OS. The van der Waals surface area contributed by atoms with Crippen LogP contribution in [0.1, 0.15) is 10.4 Å². The number of nitrogens with zero attached hydrogens (tertiary/aromatic N) is 3. The molecule has 0 spiro atoms. The molecule has 96 valence electrons. The third kappa shape index (κ3) is 2.15. The predicted octanol–water partition coefficient (Wildman–Crippen LogP) is 1.86. The first-order chi connectivity index (χ1) is 9.13. The maximum Gasteiger partial charge on any atom is 0.256 e. The van der Waals surface area contributed by atoms with E-state index in [0.717, 1.165) is 10.2 Å². The summed E-state index contributed by atoms with van der Waals surface area (Å²) in [5.41, 5.74) is 7.01. The van der Waals surface area contributed by atoms with Crippen molar-refractivity contribution in [2.45, 2.75) is 0 Å². The van der Waals surface area contributed by atoms with Crippen molar-refractivity contribution < 1.29 is 4.79 Å². The summed E-state index contributed by atoms with van der Waals surface area (Å²) >= 11 is 1.36. The molecule has 0 saturated carbocycles. The van der Waals surface area contributed by atoms with Crippen molar-refractivity contribution in [1.29, 1.82) is 0 Å². The minimum atomic E-state index is -0.183. The Balaban J connectivity index is 1.91. The van der Waals surface area contributed by atoms with Crippen LogP contribution in [0.5, 0.6) is 0 Å². The maximum absolute atomic E-state index is 12.1. The summed E-state index contributed by atoms with van der Waals surface area (Å²) in [6.45, 7) is 0. The zero-order valence-corrected chi connectivity index (χ0v) is 10.9. The summed E-state index contributed by atoms with van der Waals surface area (Å²) in [6, 6.07) is 7.05. The number of aryl methyl sites for hydroxylation is 1. The number of thiazole rings is 1. The number of nitrogens with two attached hydrogens (primary N) is 1. The lowest BCUT2D eigenvalue weighted by Crippen LogP contribution is -2.14. The molecule has 1 aromatic carbocycles. The van der Waals surface area contributed by atoms with Gasteiger partial charge >= 0.3 is 0 Å². The summed E-state index contributed by atoms with van der Waals surface area (Å²) in [4.78, 5) is 16.3. The number of nitrogens with one attached hydrogen (secondary N) is 1. The molecule has 0 saturated heterocycles. The Morgan fingerprint density at radius 3 is 3.00 bits per heavy atom. The molecule has 0 aliphatic heterocycles. The Hall–Kier alpha value is -2.41. The first kappa shape index (κ1) is 11.7. The lowest BCUT2D eigenvalue weighted by molar-refractivity contribution is 0.102. The van der Waals surface area contributed by atoms with E-state index in [1.54, 1.807) is 42.2 Å². The van der Waals surface area contributed by atoms with Crippen LogP contribution in [-0.4, -0.2) is 20.7 Å². The molecule has 3 rings (SSSR count). The molecule has 1 amide bonds. The number of rotatable bonds is 2. The number of carbonyl (C=O) groups is 1. The number of hydrogen-bond acceptors (Lipinski definition) is 5. The van der Waals surface area contributed by atoms with Crippen molar-refractivity contribution in [3.05, 3.63) is 36.0 Å². The van der Waals surface area contributed by atoms with Gasteiger partial charge in [0.05, 0.1) is 16.4 Å². The molecule has 0 radical (unpaired) electrons. The van der Waals surface area contributed by atoms with Crippen molar-refractivity contribution in [2.24, 2.45) is 7.05 Å². The van der Waals surface area contributed by atoms with E-state index in [9.17, 15) is 4.79 Å². The van der Waals surface area contributed by atoms with Crippen LogP contribution < -0.4 is 11.1 Å². The fraction of sp³-hybridized carbons (Fsp3) is 0.0833. The van der Waals surface area contributed by atoms with Crippen molar-refractivity contribution in [3.63, 3.8) is 0 Å². The number of aromatic nitrogens is 3. The second-order valence-corrected chi connectivity index (χ2v) is 5.09. The van der Waals surface area contributed by atoms with Crippen molar-refractivity contribution in [3.8, 4) is 0 Å². The molecule has 0 unspecified atom stereocenters. The zero-order chi connectivity index (χ0) is 13.4. The first-order valence-electron chi connectivity index (χ1n) is 5.59. The average Bonchev–Trinajstić information content (AvgIpc) is 2.93. The Morgan fingerprint density at radius 1 is 1.42 bits per heavy atom. The number of anilines is 2. The van der Waals surface area contributed by atoms with Gasteiger partial charge in [-0.1, -0.05) is 11.3 Å². The predicted molar refractivity (Wildman–Crippen MR) is 75.2 cm³/mol. The van der Waals surface area contributed by atoms with Gasteiger partial charge in [-0.15, -0.1) is 0 Å². The lowest BCUT2D eigenvalue weighted by atomic mass is 10.2. The van der Waals surface area contributed by atoms with Crippen molar-refractivity contribution >= 4 is 38.4 Å². The van der Waals surface area contributed by atoms with E-state index < -0.39 is 0 Å². The Bertz CT molecular complexity index is 760. The van der Waals surface area contributed by atoms with E-state index in [2.05, 4.69) is 15.4 Å². The highest BCUT2D eigenvalue weighted by atomic mass is 32.1. The molecule has 6 nitrogen and oxygen atoms in total. The van der Waals surface area contributed by atoms with Crippen LogP contribution >= 0.6 is 11.3 Å². The normalized spacial score (nSPS) is 10.8. The van der Waals surface area contributed by atoms with E-state index in [1.807, 2.05) is 0 Å². The highest BCUT2D eigenvalue weighted by molar-refractivity contribution is 7.22. The van der Waals surface area contributed by atoms with Gasteiger partial charge in [0.1, 0.15) is 5.82 Å². The van der Waals surface area contributed by atoms with E-state index in [4.69, 9.17) is 5.73 Å². The average molecular weight is 273 g/mol. The van der Waals surface area contributed by atoms with Crippen LogP contribution in [0, 0.1) is 0 Å². The molecule has 2 heterocycles. The number of nitrogen functional groups attached to an aromatic ring is 1. The van der Waals surface area contributed by atoms with E-state index >= 15 is 0 Å². The van der Waals surface area contributed by atoms with Crippen LogP contribution in [0.15, 0.2) is 30.5 Å². The molecule has 2 aromatic heterocycles. The largest absolute Gasteiger partial charge is 0.375 e. The van der Waals surface area contributed by atoms with Gasteiger partial charge < -0.3 is 11.1 Å². The topological polar surface area (TPSA) is 85.8 Å². The minimum Gasteiger partial charge on any atom is -0.375 e. The number of benzene rings is 1. The van der Waals surface area contributed by atoms with Gasteiger partial charge in [0.2, 0.25) is 0 Å². The van der Waals surface area contributed by atoms with Gasteiger partial charge in [0.15, 0.2) is 5.13 Å². The molecule has 0 bridgehead atoms. The Morgan fingerprint density at radius 2 is 2.26 bits per heavy atom. The fourth-order valence-corrected chi connectivity index (χ4v) is 2.54. The summed E-state index contributed by atoms with van der Waals surface area (Å²) in [7, 11) is 1.77. The second kappa shape index (κ2) is 4.36. The van der Waals surface area contributed by atoms with Gasteiger partial charge in [-0.3, -0.25) is 9.48 Å². The smallest absolute Gasteiger partial charge is 0.256 e. The molecule has 0 fully saturated rings. The number of amides is 1. The minimum absolute atomic E-state index is 0.183. The van der Waals surface area contributed by atoms with Crippen LogP contribution in [0.2, 0.25) is 0 Å². The monoisotopic (exact) mass is 273 g/mol. The maximum atomic E-state index is 12.1. The van der Waals surface area contributed by atoms with Crippen LogP contribution in [0.25, 0.3) is 10.2 Å². The first-order valence-corrected chi connectivity index (χ1v) is 6.40. The molecule has 19 heavy (non-hydrogen) atoms. The zero-order valence-electron chi connectivity index (χ0n) is 10.1. The summed E-state index contributed by atoms with van der Waals surface area (Å²) in [5.74, 6) is 0.464. The third-order valence-corrected chi connectivity index (χ3v) is 3.58. The summed E-state index contributed by atoms with van der Waals surface area (Å²) < 4.78 is 2.50. The number of hydrogen-bond donors (Lipinski definition) is 2. The SMILES string of the molecule is Cn1nccc1NC(=O)c1ccc2nc(N)sc2c1. The lowest BCUT2D eigenvalue weighted by Gasteiger charge is -2.04. The van der Waals surface area contributed by atoms with E-state index in [0.29, 0.717) is 16.5 Å². The van der Waals surface area contributed by atoms with Crippen molar-refractivity contribution in [1.82, 2.24) is 14.8 Å². The molecule has 0 aliphatic rings. The van der Waals surface area contributed by atoms with Crippen LogP contribution in [-0.2, 0) is 7.05 Å². The fourth-order valence-electron chi connectivity index (χ4n) is 1.77. The van der Waals surface area contributed by atoms with E-state index in [-0.39, 0.29) is 5.91 Å². The quantitative estimate of drug-likeness (QED) is 0.746. The second-order valence-electron chi connectivity index (χ2n) is 4.03. The number of fused-ring (bicyclic) bond motifs is 1. The summed E-state index contributed by atoms with van der Waals surface area (Å²) in [6.07, 6.45) is 1.63. The third-order valence-electron chi connectivity index (χ3n) is 2.73. The molecule has 3 aromatic rings. The summed E-state index contributed by atoms with van der Waals surface area (Å²) in [5, 5.41) is 7.29. The van der Waals surface area contributed by atoms with Crippen LogP contribution in [0.4, 0.5) is 10.9 Å².